The number of para-hydroxylation sites is 1. The molecule has 1 atom stereocenters. The molecule has 2 aliphatic heterocycles. The minimum atomic E-state index is 0.0758. The van der Waals surface area contributed by atoms with Crippen LogP contribution in [0.4, 0.5) is 5.69 Å². The van der Waals surface area contributed by atoms with Gasteiger partial charge in [0, 0.05) is 31.0 Å². The van der Waals surface area contributed by atoms with Gasteiger partial charge in [0.1, 0.15) is 0 Å². The standard InChI is InChI=1S/C16H20N2O3S/c1-12-10-17(8-9-21-12)15(19)6-7-18-13-4-2-3-5-14(13)22-11-16(18)20/h2-5,12H,6-11H2,1H3/t12-/m0/s1. The molecule has 0 saturated carbocycles. The van der Waals surface area contributed by atoms with Crippen LogP contribution in [0.15, 0.2) is 29.2 Å². The highest BCUT2D eigenvalue weighted by molar-refractivity contribution is 8.00. The minimum absolute atomic E-state index is 0.0758. The highest BCUT2D eigenvalue weighted by Gasteiger charge is 2.26. The molecule has 1 aromatic rings. The molecule has 2 aliphatic rings. The lowest BCUT2D eigenvalue weighted by Gasteiger charge is -2.33. The lowest BCUT2D eigenvalue weighted by atomic mass is 10.2. The number of amides is 2. The highest BCUT2D eigenvalue weighted by atomic mass is 32.2. The minimum Gasteiger partial charge on any atom is -0.375 e. The van der Waals surface area contributed by atoms with Crippen molar-refractivity contribution in [1.29, 1.82) is 0 Å². The number of carbonyl (C=O) groups is 2. The van der Waals surface area contributed by atoms with Crippen molar-refractivity contribution in [2.45, 2.75) is 24.3 Å². The molecule has 0 bridgehead atoms. The molecule has 0 unspecified atom stereocenters. The Morgan fingerprint density at radius 3 is 3.05 bits per heavy atom. The molecule has 0 aliphatic carbocycles. The summed E-state index contributed by atoms with van der Waals surface area (Å²) in [6.45, 7) is 4.29. The van der Waals surface area contributed by atoms with Gasteiger partial charge in [-0.3, -0.25) is 9.59 Å². The van der Waals surface area contributed by atoms with E-state index in [1.807, 2.05) is 36.1 Å². The van der Waals surface area contributed by atoms with Gasteiger partial charge < -0.3 is 14.5 Å². The third-order valence-corrected chi connectivity index (χ3v) is 5.00. The zero-order valence-corrected chi connectivity index (χ0v) is 13.5. The molecule has 0 aromatic heterocycles. The number of fused-ring (bicyclic) bond motifs is 1. The van der Waals surface area contributed by atoms with Crippen LogP contribution in [0.25, 0.3) is 0 Å². The average molecular weight is 320 g/mol. The number of carbonyl (C=O) groups excluding carboxylic acids is 2. The van der Waals surface area contributed by atoms with Crippen molar-refractivity contribution in [3.8, 4) is 0 Å². The molecule has 0 spiro atoms. The van der Waals surface area contributed by atoms with E-state index in [4.69, 9.17) is 4.74 Å². The Morgan fingerprint density at radius 2 is 2.23 bits per heavy atom. The van der Waals surface area contributed by atoms with Gasteiger partial charge in [0.25, 0.3) is 0 Å². The Morgan fingerprint density at radius 1 is 1.41 bits per heavy atom. The first kappa shape index (κ1) is 15.4. The van der Waals surface area contributed by atoms with Crippen molar-refractivity contribution in [3.05, 3.63) is 24.3 Å². The van der Waals surface area contributed by atoms with Crippen LogP contribution in [-0.4, -0.2) is 54.8 Å². The monoisotopic (exact) mass is 320 g/mol. The summed E-state index contributed by atoms with van der Waals surface area (Å²) in [5.74, 6) is 0.616. The summed E-state index contributed by atoms with van der Waals surface area (Å²) in [7, 11) is 0. The summed E-state index contributed by atoms with van der Waals surface area (Å²) in [4.78, 5) is 29.2. The fraction of sp³-hybridized carbons (Fsp3) is 0.500. The van der Waals surface area contributed by atoms with Gasteiger partial charge in [-0.1, -0.05) is 12.1 Å². The third kappa shape index (κ3) is 3.28. The molecular formula is C16H20N2O3S. The Labute approximate surface area is 134 Å². The van der Waals surface area contributed by atoms with E-state index in [2.05, 4.69) is 0 Å². The van der Waals surface area contributed by atoms with E-state index < -0.39 is 0 Å². The second-order valence-corrected chi connectivity index (χ2v) is 6.59. The molecule has 0 radical (unpaired) electrons. The number of hydrogen-bond acceptors (Lipinski definition) is 4. The normalized spacial score (nSPS) is 21.7. The lowest BCUT2D eigenvalue weighted by molar-refractivity contribution is -0.137. The Balaban J connectivity index is 1.63. The first-order valence-electron chi connectivity index (χ1n) is 7.56. The van der Waals surface area contributed by atoms with E-state index in [0.717, 1.165) is 10.6 Å². The highest BCUT2D eigenvalue weighted by Crippen LogP contribution is 2.34. The van der Waals surface area contributed by atoms with Crippen molar-refractivity contribution in [3.63, 3.8) is 0 Å². The first-order chi connectivity index (χ1) is 10.6. The number of hydrogen-bond donors (Lipinski definition) is 0. The van der Waals surface area contributed by atoms with E-state index in [9.17, 15) is 9.59 Å². The summed E-state index contributed by atoms with van der Waals surface area (Å²) in [6.07, 6.45) is 0.448. The lowest BCUT2D eigenvalue weighted by Crippen LogP contribution is -2.46. The van der Waals surface area contributed by atoms with Crippen molar-refractivity contribution < 1.29 is 14.3 Å². The van der Waals surface area contributed by atoms with Crippen molar-refractivity contribution in [2.24, 2.45) is 0 Å². The zero-order valence-electron chi connectivity index (χ0n) is 12.7. The van der Waals surface area contributed by atoms with Gasteiger partial charge in [0.05, 0.1) is 24.2 Å². The molecule has 6 heteroatoms. The van der Waals surface area contributed by atoms with E-state index in [0.29, 0.717) is 38.4 Å². The van der Waals surface area contributed by atoms with Crippen LogP contribution in [0.3, 0.4) is 0 Å². The van der Waals surface area contributed by atoms with E-state index in [-0.39, 0.29) is 17.9 Å². The molecule has 22 heavy (non-hydrogen) atoms. The fourth-order valence-electron chi connectivity index (χ4n) is 2.81. The SMILES string of the molecule is C[C@H]1CN(C(=O)CCN2C(=O)CSc3ccccc32)CCO1. The maximum atomic E-state index is 12.3. The van der Waals surface area contributed by atoms with Crippen LogP contribution < -0.4 is 4.90 Å². The van der Waals surface area contributed by atoms with Crippen LogP contribution in [0.2, 0.25) is 0 Å². The summed E-state index contributed by atoms with van der Waals surface area (Å²) >= 11 is 1.56. The van der Waals surface area contributed by atoms with Crippen molar-refractivity contribution >= 4 is 29.3 Å². The van der Waals surface area contributed by atoms with Crippen molar-refractivity contribution in [2.75, 3.05) is 36.9 Å². The van der Waals surface area contributed by atoms with Crippen molar-refractivity contribution in [1.82, 2.24) is 4.90 Å². The van der Waals surface area contributed by atoms with Gasteiger partial charge >= 0.3 is 0 Å². The number of anilines is 1. The number of ether oxygens (including phenoxy) is 1. The Bertz CT molecular complexity index is 578. The summed E-state index contributed by atoms with van der Waals surface area (Å²) in [5, 5.41) is 0. The maximum Gasteiger partial charge on any atom is 0.237 e. The largest absolute Gasteiger partial charge is 0.375 e. The molecule has 0 N–H and O–H groups in total. The second kappa shape index (κ2) is 6.71. The molecule has 5 nitrogen and oxygen atoms in total. The molecular weight excluding hydrogens is 300 g/mol. The summed E-state index contributed by atoms with van der Waals surface area (Å²) in [5.41, 5.74) is 0.923. The van der Waals surface area contributed by atoms with Gasteiger partial charge in [-0.25, -0.2) is 0 Å². The van der Waals surface area contributed by atoms with Gasteiger partial charge in [-0.15, -0.1) is 11.8 Å². The summed E-state index contributed by atoms with van der Waals surface area (Å²) < 4.78 is 5.46. The molecule has 2 amide bonds. The number of morpholine rings is 1. The van der Waals surface area contributed by atoms with Gasteiger partial charge in [0.15, 0.2) is 0 Å². The number of rotatable bonds is 3. The third-order valence-electron chi connectivity index (χ3n) is 3.95. The first-order valence-corrected chi connectivity index (χ1v) is 8.55. The number of nitrogens with zero attached hydrogens (tertiary/aromatic N) is 2. The average Bonchev–Trinajstić information content (AvgIpc) is 2.53. The number of thioether (sulfide) groups is 1. The van der Waals surface area contributed by atoms with Crippen LogP contribution in [0, 0.1) is 0 Å². The fourth-order valence-corrected chi connectivity index (χ4v) is 3.75. The molecule has 3 rings (SSSR count). The predicted molar refractivity (Wildman–Crippen MR) is 86.1 cm³/mol. The molecule has 1 fully saturated rings. The molecule has 1 aromatic carbocycles. The van der Waals surface area contributed by atoms with Crippen LogP contribution in [-0.2, 0) is 14.3 Å². The predicted octanol–water partition coefficient (Wildman–Crippen LogP) is 1.76. The van der Waals surface area contributed by atoms with Gasteiger partial charge in [0.2, 0.25) is 11.8 Å². The second-order valence-electron chi connectivity index (χ2n) is 5.57. The van der Waals surface area contributed by atoms with Gasteiger partial charge in [-0.05, 0) is 19.1 Å². The van der Waals surface area contributed by atoms with E-state index in [1.165, 1.54) is 0 Å². The van der Waals surface area contributed by atoms with Gasteiger partial charge in [-0.2, -0.15) is 0 Å². The Hall–Kier alpha value is -1.53. The summed E-state index contributed by atoms with van der Waals surface area (Å²) in [6, 6.07) is 7.86. The quantitative estimate of drug-likeness (QED) is 0.851. The van der Waals surface area contributed by atoms with Crippen LogP contribution in [0.1, 0.15) is 13.3 Å². The molecule has 2 heterocycles. The molecule has 118 valence electrons. The van der Waals surface area contributed by atoms with Crippen LogP contribution >= 0.6 is 11.8 Å². The van der Waals surface area contributed by atoms with E-state index in [1.54, 1.807) is 16.7 Å². The number of benzene rings is 1. The zero-order chi connectivity index (χ0) is 15.5. The van der Waals surface area contributed by atoms with Crippen LogP contribution in [0.5, 0.6) is 0 Å². The smallest absolute Gasteiger partial charge is 0.237 e. The maximum absolute atomic E-state index is 12.3. The Kier molecular flexibility index (Phi) is 4.69. The molecule has 1 saturated heterocycles. The topological polar surface area (TPSA) is 49.9 Å². The van der Waals surface area contributed by atoms with E-state index >= 15 is 0 Å².